The Bertz CT molecular complexity index is 347. The predicted molar refractivity (Wildman–Crippen MR) is 69.2 cm³/mol. The van der Waals surface area contributed by atoms with Crippen molar-refractivity contribution in [3.8, 4) is 0 Å². The summed E-state index contributed by atoms with van der Waals surface area (Å²) in [5, 5.41) is 14.7. The summed E-state index contributed by atoms with van der Waals surface area (Å²) < 4.78 is 2.79. The molecule has 0 saturated carbocycles. The number of aliphatic hydroxyl groups excluding tert-OH is 1. The maximum Gasteiger partial charge on any atom is 0.102 e. The van der Waals surface area contributed by atoms with Gasteiger partial charge in [0.15, 0.2) is 0 Å². The number of aromatic nitrogens is 2. The minimum absolute atomic E-state index is 0.131. The number of rotatable bonds is 5. The van der Waals surface area contributed by atoms with Gasteiger partial charge in [0.2, 0.25) is 0 Å². The molecule has 92 valence electrons. The van der Waals surface area contributed by atoms with Gasteiger partial charge in [0.1, 0.15) is 6.10 Å². The largest absolute Gasteiger partial charge is 0.386 e. The van der Waals surface area contributed by atoms with Crippen molar-refractivity contribution >= 4 is 15.9 Å². The molecule has 3 nitrogen and oxygen atoms in total. The second-order valence-corrected chi connectivity index (χ2v) is 5.70. The van der Waals surface area contributed by atoms with Crippen molar-refractivity contribution in [3.63, 3.8) is 0 Å². The average molecular weight is 289 g/mol. The second kappa shape index (κ2) is 5.32. The molecule has 1 N–H and O–H groups in total. The molecule has 0 saturated heterocycles. The van der Waals surface area contributed by atoms with Crippen molar-refractivity contribution in [3.05, 3.63) is 16.4 Å². The molecule has 0 aliphatic heterocycles. The third-order valence-corrected chi connectivity index (χ3v) is 3.79. The van der Waals surface area contributed by atoms with Crippen LogP contribution in [0.2, 0.25) is 0 Å². The van der Waals surface area contributed by atoms with E-state index in [1.807, 2.05) is 4.68 Å². The molecule has 1 rings (SSSR count). The van der Waals surface area contributed by atoms with Gasteiger partial charge in [-0.3, -0.25) is 4.68 Å². The molecule has 1 atom stereocenters. The van der Waals surface area contributed by atoms with Crippen molar-refractivity contribution < 1.29 is 5.11 Å². The van der Waals surface area contributed by atoms with Gasteiger partial charge in [-0.15, -0.1) is 0 Å². The number of nitrogens with zero attached hydrogens (tertiary/aromatic N) is 2. The standard InChI is InChI=1S/C12H21BrN2O/c1-5-7-15-10(9(13)8-14-15)11(16)12(3,4)6-2/h8,11,16H,5-7H2,1-4H3. The van der Waals surface area contributed by atoms with E-state index >= 15 is 0 Å². The average Bonchev–Trinajstić information content (AvgIpc) is 2.59. The summed E-state index contributed by atoms with van der Waals surface area (Å²) in [5.41, 5.74) is 0.766. The fourth-order valence-electron chi connectivity index (χ4n) is 1.60. The van der Waals surface area contributed by atoms with Gasteiger partial charge >= 0.3 is 0 Å². The van der Waals surface area contributed by atoms with Crippen molar-refractivity contribution in [2.75, 3.05) is 0 Å². The SMILES string of the molecule is CCCn1ncc(Br)c1C(O)C(C)(C)CC. The fourth-order valence-corrected chi connectivity index (χ4v) is 2.11. The first-order valence-electron chi connectivity index (χ1n) is 5.83. The number of halogens is 1. The van der Waals surface area contributed by atoms with E-state index in [-0.39, 0.29) is 5.41 Å². The van der Waals surface area contributed by atoms with Crippen LogP contribution in [0.25, 0.3) is 0 Å². The zero-order chi connectivity index (χ0) is 12.3. The molecule has 0 aromatic carbocycles. The molecule has 0 aliphatic rings. The predicted octanol–water partition coefficient (Wildman–Crippen LogP) is 3.53. The molecule has 16 heavy (non-hydrogen) atoms. The van der Waals surface area contributed by atoms with Crippen LogP contribution in [0.3, 0.4) is 0 Å². The number of hydrogen-bond donors (Lipinski definition) is 1. The van der Waals surface area contributed by atoms with Crippen molar-refractivity contribution in [2.45, 2.75) is 53.2 Å². The maximum absolute atomic E-state index is 10.4. The Kier molecular flexibility index (Phi) is 4.56. The number of aryl methyl sites for hydroxylation is 1. The van der Waals surface area contributed by atoms with Gasteiger partial charge < -0.3 is 5.11 Å². The van der Waals surface area contributed by atoms with Crippen molar-refractivity contribution in [1.82, 2.24) is 9.78 Å². The summed E-state index contributed by atoms with van der Waals surface area (Å²) in [6, 6.07) is 0. The molecule has 0 radical (unpaired) electrons. The molecule has 1 heterocycles. The fraction of sp³-hybridized carbons (Fsp3) is 0.750. The van der Waals surface area contributed by atoms with Gasteiger partial charge in [-0.05, 0) is 34.2 Å². The van der Waals surface area contributed by atoms with Crippen LogP contribution in [0.4, 0.5) is 0 Å². The smallest absolute Gasteiger partial charge is 0.102 e. The normalized spacial score (nSPS) is 14.1. The van der Waals surface area contributed by atoms with E-state index in [0.717, 1.165) is 29.6 Å². The molecular formula is C12H21BrN2O. The Morgan fingerprint density at radius 2 is 2.12 bits per heavy atom. The lowest BCUT2D eigenvalue weighted by molar-refractivity contribution is 0.0384. The lowest BCUT2D eigenvalue weighted by atomic mass is 9.82. The van der Waals surface area contributed by atoms with Gasteiger partial charge in [-0.1, -0.05) is 27.7 Å². The summed E-state index contributed by atoms with van der Waals surface area (Å²) in [7, 11) is 0. The van der Waals surface area contributed by atoms with Gasteiger partial charge in [0.05, 0.1) is 16.4 Å². The number of aliphatic hydroxyl groups is 1. The molecule has 0 bridgehead atoms. The highest BCUT2D eigenvalue weighted by molar-refractivity contribution is 9.10. The quantitative estimate of drug-likeness (QED) is 0.900. The molecular weight excluding hydrogens is 268 g/mol. The monoisotopic (exact) mass is 288 g/mol. The summed E-state index contributed by atoms with van der Waals surface area (Å²) in [4.78, 5) is 0. The third kappa shape index (κ3) is 2.66. The Morgan fingerprint density at radius 3 is 2.62 bits per heavy atom. The molecule has 0 aliphatic carbocycles. The first kappa shape index (κ1) is 13.7. The van der Waals surface area contributed by atoms with Crippen LogP contribution in [0.5, 0.6) is 0 Å². The molecule has 0 fully saturated rings. The molecule has 0 spiro atoms. The molecule has 0 amide bonds. The maximum atomic E-state index is 10.4. The van der Waals surface area contributed by atoms with Crippen LogP contribution in [-0.4, -0.2) is 14.9 Å². The lowest BCUT2D eigenvalue weighted by Gasteiger charge is -2.30. The first-order chi connectivity index (χ1) is 7.44. The van der Waals surface area contributed by atoms with E-state index in [9.17, 15) is 5.11 Å². The van der Waals surface area contributed by atoms with E-state index in [4.69, 9.17) is 0 Å². The van der Waals surface area contributed by atoms with E-state index < -0.39 is 6.10 Å². The van der Waals surface area contributed by atoms with Crippen LogP contribution in [0.15, 0.2) is 10.7 Å². The summed E-state index contributed by atoms with van der Waals surface area (Å²) in [5.74, 6) is 0. The van der Waals surface area contributed by atoms with Crippen LogP contribution >= 0.6 is 15.9 Å². The lowest BCUT2D eigenvalue weighted by Crippen LogP contribution is -2.24. The van der Waals surface area contributed by atoms with Crippen molar-refractivity contribution in [2.24, 2.45) is 5.41 Å². The highest BCUT2D eigenvalue weighted by Gasteiger charge is 2.31. The van der Waals surface area contributed by atoms with Crippen LogP contribution in [0, 0.1) is 5.41 Å². The van der Waals surface area contributed by atoms with Crippen molar-refractivity contribution in [1.29, 1.82) is 0 Å². The Balaban J connectivity index is 3.06. The zero-order valence-electron chi connectivity index (χ0n) is 10.5. The third-order valence-electron chi connectivity index (χ3n) is 3.18. The van der Waals surface area contributed by atoms with E-state index in [2.05, 4.69) is 48.7 Å². The Morgan fingerprint density at radius 1 is 1.50 bits per heavy atom. The van der Waals surface area contributed by atoms with Crippen LogP contribution in [0.1, 0.15) is 52.3 Å². The summed E-state index contributed by atoms with van der Waals surface area (Å²) >= 11 is 3.47. The summed E-state index contributed by atoms with van der Waals surface area (Å²) in [6.45, 7) is 9.20. The topological polar surface area (TPSA) is 38.0 Å². The molecule has 1 aromatic heterocycles. The highest BCUT2D eigenvalue weighted by atomic mass is 79.9. The van der Waals surface area contributed by atoms with E-state index in [1.54, 1.807) is 6.20 Å². The van der Waals surface area contributed by atoms with Crippen LogP contribution in [-0.2, 0) is 6.54 Å². The van der Waals surface area contributed by atoms with Gasteiger partial charge in [-0.25, -0.2) is 0 Å². The highest BCUT2D eigenvalue weighted by Crippen LogP contribution is 2.38. The molecule has 1 unspecified atom stereocenters. The van der Waals surface area contributed by atoms with Crippen LogP contribution < -0.4 is 0 Å². The Labute approximate surface area is 106 Å². The second-order valence-electron chi connectivity index (χ2n) is 4.85. The van der Waals surface area contributed by atoms with E-state index in [0.29, 0.717) is 0 Å². The molecule has 4 heteroatoms. The van der Waals surface area contributed by atoms with Gasteiger partial charge in [0.25, 0.3) is 0 Å². The summed E-state index contributed by atoms with van der Waals surface area (Å²) in [6.07, 6.45) is 3.22. The van der Waals surface area contributed by atoms with Gasteiger partial charge in [-0.2, -0.15) is 5.10 Å². The van der Waals surface area contributed by atoms with E-state index in [1.165, 1.54) is 0 Å². The minimum atomic E-state index is -0.485. The zero-order valence-corrected chi connectivity index (χ0v) is 12.1. The Hall–Kier alpha value is -0.350. The minimum Gasteiger partial charge on any atom is -0.386 e. The van der Waals surface area contributed by atoms with Gasteiger partial charge in [0, 0.05) is 6.54 Å². The molecule has 1 aromatic rings. The number of hydrogen-bond acceptors (Lipinski definition) is 2. The first-order valence-corrected chi connectivity index (χ1v) is 6.62.